The largest absolute Gasteiger partial charge is 0.371 e. The molecule has 0 unspecified atom stereocenters. The predicted octanol–water partition coefficient (Wildman–Crippen LogP) is 1.77. The Morgan fingerprint density at radius 3 is 3.17 bits per heavy atom. The van der Waals surface area contributed by atoms with E-state index in [0.29, 0.717) is 13.2 Å². The number of aromatic nitrogens is 3. The van der Waals surface area contributed by atoms with E-state index in [1.165, 1.54) is 5.56 Å². The van der Waals surface area contributed by atoms with E-state index in [-0.39, 0.29) is 11.7 Å². The fraction of sp³-hybridized carbons (Fsp3) is 0.556. The van der Waals surface area contributed by atoms with Crippen LogP contribution in [0.15, 0.2) is 36.8 Å². The molecule has 2 fully saturated rings. The second-order valence-corrected chi connectivity index (χ2v) is 6.94. The molecule has 2 atom stereocenters. The molecular weight excluding hydrogens is 304 g/mol. The lowest BCUT2D eigenvalue weighted by Gasteiger charge is -2.23. The number of rotatable bonds is 5. The maximum absolute atomic E-state index is 6.17. The molecule has 2 saturated heterocycles. The fourth-order valence-corrected chi connectivity index (χ4v) is 3.75. The third-order valence-corrected chi connectivity index (χ3v) is 4.93. The summed E-state index contributed by atoms with van der Waals surface area (Å²) < 4.78 is 14.0. The van der Waals surface area contributed by atoms with Crippen LogP contribution in [0.4, 0.5) is 0 Å². The zero-order chi connectivity index (χ0) is 16.4. The van der Waals surface area contributed by atoms with Crippen molar-refractivity contribution in [3.05, 3.63) is 48.0 Å². The Labute approximate surface area is 142 Å². The van der Waals surface area contributed by atoms with E-state index in [9.17, 15) is 0 Å². The molecule has 0 N–H and O–H groups in total. The Bertz CT molecular complexity index is 675. The molecular formula is C18H24N4O2. The Morgan fingerprint density at radius 2 is 2.38 bits per heavy atom. The molecule has 0 aliphatic carbocycles. The van der Waals surface area contributed by atoms with Gasteiger partial charge in [-0.05, 0) is 18.6 Å². The van der Waals surface area contributed by atoms with Crippen molar-refractivity contribution in [1.82, 2.24) is 19.7 Å². The van der Waals surface area contributed by atoms with Gasteiger partial charge in [0.2, 0.25) is 0 Å². The van der Waals surface area contributed by atoms with Gasteiger partial charge >= 0.3 is 0 Å². The number of ether oxygens (including phenoxy) is 2. The molecule has 0 saturated carbocycles. The van der Waals surface area contributed by atoms with Crippen molar-refractivity contribution in [1.29, 1.82) is 0 Å². The van der Waals surface area contributed by atoms with Gasteiger partial charge in [-0.15, -0.1) is 0 Å². The van der Waals surface area contributed by atoms with Crippen LogP contribution < -0.4 is 0 Å². The van der Waals surface area contributed by atoms with Crippen molar-refractivity contribution in [2.45, 2.75) is 37.7 Å². The molecule has 6 heteroatoms. The highest BCUT2D eigenvalue weighted by Crippen LogP contribution is 2.36. The van der Waals surface area contributed by atoms with Crippen LogP contribution in [0.3, 0.4) is 0 Å². The summed E-state index contributed by atoms with van der Waals surface area (Å²) in [6.07, 6.45) is 8.06. The fourth-order valence-electron chi connectivity index (χ4n) is 3.75. The van der Waals surface area contributed by atoms with Gasteiger partial charge in [0.05, 0.1) is 36.8 Å². The second kappa shape index (κ2) is 6.63. The zero-order valence-electron chi connectivity index (χ0n) is 14.1. The Hall–Kier alpha value is -1.76. The average molecular weight is 328 g/mol. The Balaban J connectivity index is 1.28. The van der Waals surface area contributed by atoms with Gasteiger partial charge in [-0.3, -0.25) is 14.6 Å². The first kappa shape index (κ1) is 15.7. The van der Waals surface area contributed by atoms with Crippen LogP contribution in [0.5, 0.6) is 0 Å². The number of nitrogens with zero attached hydrogens (tertiary/aromatic N) is 4. The molecule has 0 bridgehead atoms. The molecule has 1 spiro atoms. The zero-order valence-corrected chi connectivity index (χ0v) is 14.1. The van der Waals surface area contributed by atoms with Crippen molar-refractivity contribution in [3.63, 3.8) is 0 Å². The summed E-state index contributed by atoms with van der Waals surface area (Å²) in [6, 6.07) is 5.91. The number of hydrogen-bond donors (Lipinski definition) is 0. The van der Waals surface area contributed by atoms with E-state index in [1.807, 2.05) is 36.1 Å². The van der Waals surface area contributed by atoms with E-state index in [4.69, 9.17) is 9.47 Å². The minimum atomic E-state index is -0.0308. The van der Waals surface area contributed by atoms with Crippen molar-refractivity contribution in [2.75, 3.05) is 19.7 Å². The average Bonchev–Trinajstić information content (AvgIpc) is 3.29. The summed E-state index contributed by atoms with van der Waals surface area (Å²) in [5.74, 6) is 0. The molecule has 4 heterocycles. The van der Waals surface area contributed by atoms with Gasteiger partial charge in [-0.1, -0.05) is 6.07 Å². The molecule has 6 nitrogen and oxygen atoms in total. The normalized spacial score (nSPS) is 27.3. The number of aryl methyl sites for hydroxylation is 1. The molecule has 0 aromatic carbocycles. The van der Waals surface area contributed by atoms with Gasteiger partial charge in [0, 0.05) is 51.1 Å². The van der Waals surface area contributed by atoms with E-state index in [0.717, 1.165) is 38.2 Å². The van der Waals surface area contributed by atoms with Gasteiger partial charge < -0.3 is 9.47 Å². The highest BCUT2D eigenvalue weighted by atomic mass is 16.6. The summed E-state index contributed by atoms with van der Waals surface area (Å²) in [5, 5.41) is 4.25. The first-order valence-electron chi connectivity index (χ1n) is 8.56. The summed E-state index contributed by atoms with van der Waals surface area (Å²) in [7, 11) is 1.96. The molecule has 4 rings (SSSR count). The monoisotopic (exact) mass is 328 g/mol. The third kappa shape index (κ3) is 3.50. The number of pyridine rings is 1. The first-order chi connectivity index (χ1) is 11.7. The summed E-state index contributed by atoms with van der Waals surface area (Å²) in [4.78, 5) is 6.76. The third-order valence-electron chi connectivity index (χ3n) is 4.93. The van der Waals surface area contributed by atoms with Gasteiger partial charge in [0.25, 0.3) is 0 Å². The minimum absolute atomic E-state index is 0.0308. The first-order valence-corrected chi connectivity index (χ1v) is 8.56. The summed E-state index contributed by atoms with van der Waals surface area (Å²) >= 11 is 0. The highest BCUT2D eigenvalue weighted by Gasteiger charge is 2.45. The number of likely N-dealkylation sites (tertiary alicyclic amines) is 1. The number of hydrogen-bond acceptors (Lipinski definition) is 5. The maximum atomic E-state index is 6.17. The molecule has 2 aromatic heterocycles. The smallest absolute Gasteiger partial charge is 0.0892 e. The maximum Gasteiger partial charge on any atom is 0.0892 e. The topological polar surface area (TPSA) is 52.4 Å². The molecule has 128 valence electrons. The Morgan fingerprint density at radius 1 is 1.42 bits per heavy atom. The van der Waals surface area contributed by atoms with Gasteiger partial charge in [0.1, 0.15) is 0 Å². The van der Waals surface area contributed by atoms with Crippen LogP contribution in [0.1, 0.15) is 24.1 Å². The van der Waals surface area contributed by atoms with Crippen LogP contribution in [0.25, 0.3) is 0 Å². The molecule has 0 amide bonds. The van der Waals surface area contributed by atoms with Gasteiger partial charge in [-0.25, -0.2) is 0 Å². The standard InChI is InChI=1S/C18H24N4O2/c1-21-10-15(9-20-21)11-22-7-5-18(14-22)8-17(13-24-18)23-12-16-4-2-3-6-19-16/h2-4,6,9-10,17H,5,7-8,11-14H2,1H3/t17-,18+/m1/s1. The van der Waals surface area contributed by atoms with E-state index in [1.54, 1.807) is 6.20 Å². The molecule has 0 radical (unpaired) electrons. The molecule has 2 aliphatic rings. The highest BCUT2D eigenvalue weighted by molar-refractivity contribution is 5.06. The molecule has 2 aliphatic heterocycles. The van der Waals surface area contributed by atoms with Crippen molar-refractivity contribution >= 4 is 0 Å². The lowest BCUT2D eigenvalue weighted by molar-refractivity contribution is -0.000796. The van der Waals surface area contributed by atoms with Crippen LogP contribution in [-0.2, 0) is 29.7 Å². The van der Waals surface area contributed by atoms with Crippen molar-refractivity contribution < 1.29 is 9.47 Å². The van der Waals surface area contributed by atoms with Crippen molar-refractivity contribution in [3.8, 4) is 0 Å². The minimum Gasteiger partial charge on any atom is -0.371 e. The Kier molecular flexibility index (Phi) is 4.35. The predicted molar refractivity (Wildman–Crippen MR) is 89.2 cm³/mol. The lowest BCUT2D eigenvalue weighted by Crippen LogP contribution is -2.32. The van der Waals surface area contributed by atoms with Crippen molar-refractivity contribution in [2.24, 2.45) is 7.05 Å². The van der Waals surface area contributed by atoms with Gasteiger partial charge in [-0.2, -0.15) is 5.10 Å². The lowest BCUT2D eigenvalue weighted by atomic mass is 9.98. The van der Waals surface area contributed by atoms with E-state index >= 15 is 0 Å². The van der Waals surface area contributed by atoms with Crippen LogP contribution in [0, 0.1) is 0 Å². The van der Waals surface area contributed by atoms with Crippen LogP contribution >= 0.6 is 0 Å². The quantitative estimate of drug-likeness (QED) is 0.837. The van der Waals surface area contributed by atoms with Crippen LogP contribution in [0.2, 0.25) is 0 Å². The summed E-state index contributed by atoms with van der Waals surface area (Å²) in [5.41, 5.74) is 2.20. The summed E-state index contributed by atoms with van der Waals surface area (Å²) in [6.45, 7) is 4.24. The van der Waals surface area contributed by atoms with Crippen LogP contribution in [-0.4, -0.2) is 51.1 Å². The van der Waals surface area contributed by atoms with E-state index in [2.05, 4.69) is 21.2 Å². The van der Waals surface area contributed by atoms with E-state index < -0.39 is 0 Å². The second-order valence-electron chi connectivity index (χ2n) is 6.94. The SMILES string of the molecule is Cn1cc(CN2CC[C@]3(C[C@@H](OCc4ccccn4)CO3)C2)cn1. The molecule has 2 aromatic rings. The van der Waals surface area contributed by atoms with Gasteiger partial charge in [0.15, 0.2) is 0 Å². The molecule has 24 heavy (non-hydrogen) atoms.